The second-order valence-electron chi connectivity index (χ2n) is 3.35. The molecule has 1 aromatic heterocycles. The molecular weight excluding hydrogens is 241 g/mol. The van der Waals surface area contributed by atoms with Gasteiger partial charge in [0.15, 0.2) is 0 Å². The van der Waals surface area contributed by atoms with E-state index in [2.05, 4.69) is 0 Å². The van der Waals surface area contributed by atoms with Crippen LogP contribution in [0.4, 0.5) is 13.2 Å². The number of pyridine rings is 1. The molecule has 0 aliphatic heterocycles. The molecule has 0 aliphatic rings. The van der Waals surface area contributed by atoms with Gasteiger partial charge in [-0.15, -0.1) is 0 Å². The fourth-order valence-corrected chi connectivity index (χ4v) is 1.13. The van der Waals surface area contributed by atoms with E-state index in [9.17, 15) is 22.8 Å². The highest BCUT2D eigenvalue weighted by Gasteiger charge is 2.31. The fourth-order valence-electron chi connectivity index (χ4n) is 1.13. The number of rotatable bonds is 3. The molecule has 0 bridgehead atoms. The van der Waals surface area contributed by atoms with Crippen molar-refractivity contribution in [3.63, 3.8) is 0 Å². The van der Waals surface area contributed by atoms with Crippen molar-refractivity contribution in [2.45, 2.75) is 18.8 Å². The van der Waals surface area contributed by atoms with Crippen LogP contribution in [0.15, 0.2) is 23.1 Å². The first-order valence-electron chi connectivity index (χ1n) is 4.48. The summed E-state index contributed by atoms with van der Waals surface area (Å²) in [6.45, 7) is -0.516. The maximum absolute atomic E-state index is 12.3. The van der Waals surface area contributed by atoms with Crippen LogP contribution in [0, 0.1) is 0 Å². The molecule has 8 heteroatoms. The lowest BCUT2D eigenvalue weighted by Gasteiger charge is -2.12. The Balaban J connectivity index is 3.08. The summed E-state index contributed by atoms with van der Waals surface area (Å²) in [6, 6.07) is -0.0844. The van der Waals surface area contributed by atoms with E-state index < -0.39 is 35.9 Å². The van der Waals surface area contributed by atoms with E-state index in [4.69, 9.17) is 10.8 Å². The number of aliphatic carboxylic acids is 1. The highest BCUT2D eigenvalue weighted by molar-refractivity contribution is 5.72. The fraction of sp³-hybridized carbons (Fsp3) is 0.333. The lowest BCUT2D eigenvalue weighted by molar-refractivity contribution is -0.138. The summed E-state index contributed by atoms with van der Waals surface area (Å²) < 4.78 is 37.6. The average Bonchev–Trinajstić information content (AvgIpc) is 2.19. The van der Waals surface area contributed by atoms with Crippen LogP contribution >= 0.6 is 0 Å². The van der Waals surface area contributed by atoms with Gasteiger partial charge >= 0.3 is 12.1 Å². The number of nitrogens with zero attached hydrogens (tertiary/aromatic N) is 1. The zero-order valence-corrected chi connectivity index (χ0v) is 8.44. The lowest BCUT2D eigenvalue weighted by atomic mass is 10.2. The molecule has 0 aliphatic carbocycles. The number of hydrogen-bond donors (Lipinski definition) is 2. The van der Waals surface area contributed by atoms with Crippen molar-refractivity contribution in [1.82, 2.24) is 4.57 Å². The number of carboxylic acids is 1. The van der Waals surface area contributed by atoms with Crippen molar-refractivity contribution >= 4 is 5.97 Å². The van der Waals surface area contributed by atoms with Gasteiger partial charge in [-0.2, -0.15) is 13.2 Å². The summed E-state index contributed by atoms with van der Waals surface area (Å²) in [5, 5.41) is 8.50. The van der Waals surface area contributed by atoms with Gasteiger partial charge < -0.3 is 15.4 Å². The molecule has 0 fully saturated rings. The van der Waals surface area contributed by atoms with Crippen molar-refractivity contribution in [2.75, 3.05) is 0 Å². The molecule has 0 saturated carbocycles. The Morgan fingerprint density at radius 2 is 2.06 bits per heavy atom. The first kappa shape index (κ1) is 13.2. The van der Waals surface area contributed by atoms with E-state index in [0.29, 0.717) is 16.8 Å². The molecule has 5 nitrogen and oxygen atoms in total. The van der Waals surface area contributed by atoms with Gasteiger partial charge in [0.25, 0.3) is 5.56 Å². The van der Waals surface area contributed by atoms with Gasteiger partial charge in [0, 0.05) is 12.3 Å². The highest BCUT2D eigenvalue weighted by Crippen LogP contribution is 2.27. The summed E-state index contributed by atoms with van der Waals surface area (Å²) in [5.74, 6) is -1.39. The largest absolute Gasteiger partial charge is 0.480 e. The number of nitrogens with two attached hydrogens (primary N) is 1. The van der Waals surface area contributed by atoms with Gasteiger partial charge in [-0.25, -0.2) is 0 Å². The molecule has 94 valence electrons. The summed E-state index contributed by atoms with van der Waals surface area (Å²) in [7, 11) is 0. The predicted molar refractivity (Wildman–Crippen MR) is 51.3 cm³/mol. The monoisotopic (exact) mass is 250 g/mol. The summed E-state index contributed by atoms with van der Waals surface area (Å²) >= 11 is 0. The quantitative estimate of drug-likeness (QED) is 0.806. The Labute approximate surface area is 93.3 Å². The molecule has 0 spiro atoms. The SMILES string of the molecule is NC(Cn1cc(C(F)(F)F)ccc1=O)C(=O)O. The van der Waals surface area contributed by atoms with E-state index in [1.54, 1.807) is 0 Å². The van der Waals surface area contributed by atoms with E-state index in [1.165, 1.54) is 0 Å². The Bertz CT molecular complexity index is 481. The van der Waals surface area contributed by atoms with Gasteiger partial charge in [-0.3, -0.25) is 9.59 Å². The minimum Gasteiger partial charge on any atom is -0.480 e. The third-order valence-electron chi connectivity index (χ3n) is 2.02. The van der Waals surface area contributed by atoms with E-state index in [0.717, 1.165) is 6.07 Å². The zero-order chi connectivity index (χ0) is 13.2. The molecule has 1 unspecified atom stereocenters. The van der Waals surface area contributed by atoms with E-state index in [-0.39, 0.29) is 0 Å². The molecule has 1 heterocycles. The van der Waals surface area contributed by atoms with Crippen LogP contribution in [0.2, 0.25) is 0 Å². The second-order valence-corrected chi connectivity index (χ2v) is 3.35. The van der Waals surface area contributed by atoms with Crippen molar-refractivity contribution < 1.29 is 23.1 Å². The molecule has 1 atom stereocenters. The van der Waals surface area contributed by atoms with Crippen molar-refractivity contribution in [3.8, 4) is 0 Å². The average molecular weight is 250 g/mol. The molecule has 1 aromatic rings. The molecule has 0 saturated heterocycles. The van der Waals surface area contributed by atoms with Gasteiger partial charge in [-0.1, -0.05) is 0 Å². The van der Waals surface area contributed by atoms with Gasteiger partial charge in [-0.05, 0) is 6.07 Å². The van der Waals surface area contributed by atoms with Crippen LogP contribution in [0.25, 0.3) is 0 Å². The number of aromatic nitrogens is 1. The van der Waals surface area contributed by atoms with Crippen LogP contribution in [-0.4, -0.2) is 21.7 Å². The topological polar surface area (TPSA) is 85.3 Å². The lowest BCUT2D eigenvalue weighted by Crippen LogP contribution is -2.38. The summed E-state index contributed by atoms with van der Waals surface area (Å²) in [6.07, 6.45) is -4.05. The summed E-state index contributed by atoms with van der Waals surface area (Å²) in [5.41, 5.74) is 3.36. The van der Waals surface area contributed by atoms with E-state index >= 15 is 0 Å². The number of carbonyl (C=O) groups is 1. The predicted octanol–water partition coefficient (Wildman–Crippen LogP) is 0.279. The second kappa shape index (κ2) is 4.58. The molecule has 0 amide bonds. The Morgan fingerprint density at radius 3 is 2.53 bits per heavy atom. The molecule has 0 radical (unpaired) electrons. The van der Waals surface area contributed by atoms with E-state index in [1.807, 2.05) is 0 Å². The van der Waals surface area contributed by atoms with Gasteiger partial charge in [0.05, 0.1) is 12.1 Å². The molecule has 1 rings (SSSR count). The third-order valence-corrected chi connectivity index (χ3v) is 2.02. The number of hydrogen-bond acceptors (Lipinski definition) is 3. The van der Waals surface area contributed by atoms with Crippen LogP contribution < -0.4 is 11.3 Å². The third kappa shape index (κ3) is 3.31. The molecule has 3 N–H and O–H groups in total. The standard InChI is InChI=1S/C9H9F3N2O3/c10-9(11,12)5-1-2-7(15)14(3-5)4-6(13)8(16)17/h1-3,6H,4,13H2,(H,16,17). The highest BCUT2D eigenvalue weighted by atomic mass is 19.4. The number of carboxylic acid groups (broad SMARTS) is 1. The smallest absolute Gasteiger partial charge is 0.417 e. The number of halogens is 3. The van der Waals surface area contributed by atoms with Gasteiger partial charge in [0.2, 0.25) is 0 Å². The molecular formula is C9H9F3N2O3. The maximum Gasteiger partial charge on any atom is 0.417 e. The minimum atomic E-state index is -4.59. The van der Waals surface area contributed by atoms with Crippen molar-refractivity contribution in [2.24, 2.45) is 5.73 Å². The number of alkyl halides is 3. The zero-order valence-electron chi connectivity index (χ0n) is 8.44. The maximum atomic E-state index is 12.3. The van der Waals surface area contributed by atoms with Crippen molar-refractivity contribution in [1.29, 1.82) is 0 Å². The summed E-state index contributed by atoms with van der Waals surface area (Å²) in [4.78, 5) is 21.6. The first-order chi connectivity index (χ1) is 7.71. The van der Waals surface area contributed by atoms with Crippen LogP contribution in [-0.2, 0) is 17.5 Å². The van der Waals surface area contributed by atoms with Crippen molar-refractivity contribution in [3.05, 3.63) is 34.2 Å². The van der Waals surface area contributed by atoms with Crippen LogP contribution in [0.1, 0.15) is 5.56 Å². The molecule has 0 aromatic carbocycles. The van der Waals surface area contributed by atoms with Gasteiger partial charge in [0.1, 0.15) is 6.04 Å². The van der Waals surface area contributed by atoms with Crippen LogP contribution in [0.3, 0.4) is 0 Å². The Hall–Kier alpha value is -1.83. The normalized spacial score (nSPS) is 13.4. The Morgan fingerprint density at radius 1 is 1.47 bits per heavy atom. The Kier molecular flexibility index (Phi) is 3.56. The first-order valence-corrected chi connectivity index (χ1v) is 4.48. The minimum absolute atomic E-state index is 0.516. The molecule has 17 heavy (non-hydrogen) atoms. The van der Waals surface area contributed by atoms with Crippen LogP contribution in [0.5, 0.6) is 0 Å².